The molecule has 0 radical (unpaired) electrons. The van der Waals surface area contributed by atoms with Crippen molar-refractivity contribution in [1.29, 1.82) is 0 Å². The monoisotopic (exact) mass is 1250 g/mol. The summed E-state index contributed by atoms with van der Waals surface area (Å²) in [6.07, 6.45) is 1.97. The second-order valence-electron chi connectivity index (χ2n) is 22.4. The minimum Gasteiger partial charge on any atom is -0.509 e. The first-order valence-corrected chi connectivity index (χ1v) is 28.1. The van der Waals surface area contributed by atoms with E-state index in [0.717, 1.165) is 89.3 Å². The summed E-state index contributed by atoms with van der Waals surface area (Å²) < 4.78 is 9.19. The zero-order chi connectivity index (χ0) is 54.9. The quantitative estimate of drug-likeness (QED) is 0.128. The van der Waals surface area contributed by atoms with Gasteiger partial charge in [0.2, 0.25) is 0 Å². The topological polar surface area (TPSA) is 33.5 Å². The average molecular weight is 1250 g/mol. The number of rotatable bonds is 10. The Kier molecular flexibility index (Phi) is 12.9. The largest absolute Gasteiger partial charge is 0.509 e. The minimum absolute atomic E-state index is 0. The number of hydrogen-bond donors (Lipinski definition) is 0. The molecule has 83 heavy (non-hydrogen) atoms. The number of nitrogens with zero attached hydrogens (tertiary/aromatic N) is 4. The molecular formula is C77H55N4OPt-3. The number of pyridine rings is 1. The molecule has 1 aliphatic heterocycles. The third kappa shape index (κ3) is 8.69. The number of ether oxygens (including phenoxy) is 1. The van der Waals surface area contributed by atoms with Crippen molar-refractivity contribution in [3.05, 3.63) is 320 Å². The molecule has 1 aliphatic carbocycles. The maximum Gasteiger partial charge on any atom is 0.135 e. The number of anilines is 4. The SMILES string of the molecule is CC(C)(C)c1cc(-c2ccccc2)c(N2[CH-]N(c3[c-]c(Oc4[c-]c5c(cc4)c4ccc(-c6ccccc6)cc4n5-c4cc(C5(c6ccccc6)c6ccccc6-c6ccccc65)ccn4)ccc3)c3ccccc32)c(-c2ccccc2)c1.[Pt]. The van der Waals surface area contributed by atoms with E-state index in [1.54, 1.807) is 0 Å². The molecule has 0 atom stereocenters. The number of fused-ring (bicyclic) bond motifs is 7. The summed E-state index contributed by atoms with van der Waals surface area (Å²) in [6, 6.07) is 103. The summed E-state index contributed by atoms with van der Waals surface area (Å²) in [4.78, 5) is 9.83. The zero-order valence-electron chi connectivity index (χ0n) is 46.1. The normalized spacial score (nSPS) is 13.1. The van der Waals surface area contributed by atoms with Crippen LogP contribution in [0.3, 0.4) is 0 Å². The van der Waals surface area contributed by atoms with Crippen LogP contribution in [0.4, 0.5) is 22.7 Å². The van der Waals surface area contributed by atoms with Gasteiger partial charge in [-0.2, -0.15) is 12.1 Å². The maximum atomic E-state index is 6.92. The average Bonchev–Trinajstić information content (AvgIpc) is 3.77. The molecule has 0 saturated carbocycles. The Balaban J connectivity index is 0.00000614. The minimum atomic E-state index is -0.603. The first kappa shape index (κ1) is 51.6. The molecule has 2 aromatic heterocycles. The van der Waals surface area contributed by atoms with Crippen LogP contribution in [0.15, 0.2) is 273 Å². The fraction of sp³-hybridized carbons (Fsp3) is 0.0649. The van der Waals surface area contributed by atoms with Crippen LogP contribution in [0, 0.1) is 18.8 Å². The van der Waals surface area contributed by atoms with Gasteiger partial charge < -0.3 is 19.1 Å². The number of benzene rings is 11. The Bertz CT molecular complexity index is 4460. The van der Waals surface area contributed by atoms with E-state index in [4.69, 9.17) is 9.72 Å². The van der Waals surface area contributed by atoms with Crippen LogP contribution in [0.1, 0.15) is 48.6 Å². The molecular weight excluding hydrogens is 1190 g/mol. The predicted molar refractivity (Wildman–Crippen MR) is 337 cm³/mol. The van der Waals surface area contributed by atoms with Crippen LogP contribution < -0.4 is 14.5 Å². The van der Waals surface area contributed by atoms with E-state index in [0.29, 0.717) is 11.5 Å². The summed E-state index contributed by atoms with van der Waals surface area (Å²) in [5.41, 5.74) is 20.7. The molecule has 6 heteroatoms. The second-order valence-corrected chi connectivity index (χ2v) is 22.4. The van der Waals surface area contributed by atoms with Crippen LogP contribution in [0.5, 0.6) is 11.5 Å². The van der Waals surface area contributed by atoms with Gasteiger partial charge in [-0.05, 0) is 114 Å². The fourth-order valence-electron chi connectivity index (χ4n) is 12.8. The number of para-hydroxylation sites is 2. The number of hydrogen-bond acceptors (Lipinski definition) is 4. The Morgan fingerprint density at radius 3 is 1.64 bits per heavy atom. The van der Waals surface area contributed by atoms with Gasteiger partial charge >= 0.3 is 0 Å². The molecule has 2 aliphatic rings. The Hall–Kier alpha value is -9.54. The van der Waals surface area contributed by atoms with Crippen LogP contribution in [0.25, 0.3) is 72.1 Å². The summed E-state index contributed by atoms with van der Waals surface area (Å²) in [5, 5.41) is 2.14. The molecule has 3 heterocycles. The molecule has 402 valence electrons. The Labute approximate surface area is 499 Å². The molecule has 13 aromatic rings. The molecule has 15 rings (SSSR count). The fourth-order valence-corrected chi connectivity index (χ4v) is 12.8. The van der Waals surface area contributed by atoms with Gasteiger partial charge in [0.1, 0.15) is 5.82 Å². The van der Waals surface area contributed by atoms with Crippen molar-refractivity contribution < 1.29 is 25.8 Å². The smallest absolute Gasteiger partial charge is 0.135 e. The summed E-state index contributed by atoms with van der Waals surface area (Å²) >= 11 is 0. The van der Waals surface area contributed by atoms with Crippen LogP contribution >= 0.6 is 0 Å². The molecule has 0 fully saturated rings. The molecule has 0 amide bonds. The second kappa shape index (κ2) is 20.8. The molecule has 0 spiro atoms. The van der Waals surface area contributed by atoms with Crippen LogP contribution in [0.2, 0.25) is 0 Å². The first-order chi connectivity index (χ1) is 40.3. The Morgan fingerprint density at radius 2 is 1.00 bits per heavy atom. The zero-order valence-corrected chi connectivity index (χ0v) is 48.3. The summed E-state index contributed by atoms with van der Waals surface area (Å²) in [5.74, 6) is 1.92. The standard InChI is InChI=1S/C77H55N4O.Pt/c1-76(2,3)58-46-66(53-25-10-5-11-26-53)75(67(47-58)54-27-12-6-13-28-54)80-51-79(70-37-20-21-38-71(70)80)59-31-22-32-60(49-59)82-61-40-42-65-64-41-39-55(52-23-8-4-9-24-52)45-72(64)81(73(65)50-61)74-48-57(43-44-78-74)77(56-29-14-7-15-30-56)68-35-18-16-33-62(68)63-34-17-19-36-69(63)77;/h4-48,51H,1-3H3;/q-3;. The van der Waals surface area contributed by atoms with E-state index in [-0.39, 0.29) is 26.5 Å². The summed E-state index contributed by atoms with van der Waals surface area (Å²) in [7, 11) is 0. The third-order valence-electron chi connectivity index (χ3n) is 16.6. The van der Waals surface area contributed by atoms with Crippen molar-refractivity contribution in [3.63, 3.8) is 0 Å². The van der Waals surface area contributed by atoms with Crippen molar-refractivity contribution in [1.82, 2.24) is 9.55 Å². The van der Waals surface area contributed by atoms with Gasteiger partial charge in [-0.3, -0.25) is 0 Å². The molecule has 0 unspecified atom stereocenters. The molecule has 0 N–H and O–H groups in total. The predicted octanol–water partition coefficient (Wildman–Crippen LogP) is 19.6. The van der Waals surface area contributed by atoms with Gasteiger partial charge in [0.25, 0.3) is 0 Å². The van der Waals surface area contributed by atoms with Crippen LogP contribution in [-0.4, -0.2) is 9.55 Å². The van der Waals surface area contributed by atoms with Gasteiger partial charge in [-0.25, -0.2) is 4.98 Å². The van der Waals surface area contributed by atoms with E-state index in [1.807, 2.05) is 24.4 Å². The van der Waals surface area contributed by atoms with Crippen molar-refractivity contribution in [2.75, 3.05) is 9.80 Å². The van der Waals surface area contributed by atoms with E-state index >= 15 is 0 Å². The Morgan fingerprint density at radius 1 is 0.446 bits per heavy atom. The molecule has 0 saturated heterocycles. The van der Waals surface area contributed by atoms with Gasteiger partial charge in [-0.15, -0.1) is 48.1 Å². The van der Waals surface area contributed by atoms with E-state index in [9.17, 15) is 0 Å². The van der Waals surface area contributed by atoms with E-state index < -0.39 is 5.41 Å². The third-order valence-corrected chi connectivity index (χ3v) is 16.6. The van der Waals surface area contributed by atoms with Gasteiger partial charge in [0, 0.05) is 72.5 Å². The van der Waals surface area contributed by atoms with E-state index in [1.165, 1.54) is 33.4 Å². The number of aromatic nitrogens is 2. The molecule has 11 aromatic carbocycles. The van der Waals surface area contributed by atoms with Crippen LogP contribution in [-0.2, 0) is 31.9 Å². The van der Waals surface area contributed by atoms with Crippen molar-refractivity contribution >= 4 is 44.6 Å². The molecule has 5 nitrogen and oxygen atoms in total. The molecule has 0 bridgehead atoms. The van der Waals surface area contributed by atoms with E-state index in [2.05, 4.69) is 303 Å². The summed E-state index contributed by atoms with van der Waals surface area (Å²) in [6.45, 7) is 9.08. The van der Waals surface area contributed by atoms with Crippen molar-refractivity contribution in [2.45, 2.75) is 31.6 Å². The van der Waals surface area contributed by atoms with Gasteiger partial charge in [-0.1, -0.05) is 220 Å². The van der Waals surface area contributed by atoms with Gasteiger partial charge in [0.15, 0.2) is 0 Å². The van der Waals surface area contributed by atoms with Crippen molar-refractivity contribution in [2.24, 2.45) is 0 Å². The first-order valence-electron chi connectivity index (χ1n) is 28.1. The van der Waals surface area contributed by atoms with Gasteiger partial charge in [0.05, 0.1) is 5.41 Å². The maximum absolute atomic E-state index is 6.92. The van der Waals surface area contributed by atoms with Crippen molar-refractivity contribution in [3.8, 4) is 61.8 Å².